The van der Waals surface area contributed by atoms with Crippen LogP contribution >= 0.6 is 23.7 Å². The molecule has 7 heteroatoms. The molecule has 3 N–H and O–H groups in total. The Balaban J connectivity index is 0.00000180. The van der Waals surface area contributed by atoms with E-state index < -0.39 is 10.0 Å². The Morgan fingerprint density at radius 2 is 1.84 bits per heavy atom. The highest BCUT2D eigenvalue weighted by atomic mass is 35.5. The molecule has 4 nitrogen and oxygen atoms in total. The Bertz CT molecular complexity index is 520. The first-order chi connectivity index (χ1) is 8.38. The van der Waals surface area contributed by atoms with E-state index in [0.717, 1.165) is 36.1 Å². The van der Waals surface area contributed by atoms with E-state index in [1.165, 1.54) is 11.3 Å². The molecule has 0 aromatic carbocycles. The summed E-state index contributed by atoms with van der Waals surface area (Å²) in [7, 11) is -3.36. The maximum Gasteiger partial charge on any atom is 0.250 e. The quantitative estimate of drug-likeness (QED) is 0.896. The van der Waals surface area contributed by atoms with Gasteiger partial charge in [-0.1, -0.05) is 0 Å². The van der Waals surface area contributed by atoms with E-state index in [4.69, 9.17) is 5.73 Å². The van der Waals surface area contributed by atoms with Gasteiger partial charge in [0, 0.05) is 17.0 Å². The fraction of sp³-hybridized carbons (Fsp3) is 0.667. The molecule has 0 radical (unpaired) electrons. The van der Waals surface area contributed by atoms with Gasteiger partial charge < -0.3 is 5.73 Å². The summed E-state index contributed by atoms with van der Waals surface area (Å²) < 4.78 is 27.8. The molecule has 1 fully saturated rings. The largest absolute Gasteiger partial charge is 0.328 e. The van der Waals surface area contributed by atoms with Gasteiger partial charge >= 0.3 is 0 Å². The third kappa shape index (κ3) is 4.16. The molecule has 19 heavy (non-hydrogen) atoms. The van der Waals surface area contributed by atoms with E-state index in [1.807, 2.05) is 19.9 Å². The maximum absolute atomic E-state index is 12.3. The number of nitrogens with one attached hydrogen (secondary N) is 1. The third-order valence-electron chi connectivity index (χ3n) is 3.33. The summed E-state index contributed by atoms with van der Waals surface area (Å²) in [5.41, 5.74) is 6.66. The minimum absolute atomic E-state index is 0. The van der Waals surface area contributed by atoms with E-state index in [0.29, 0.717) is 4.21 Å². The summed E-state index contributed by atoms with van der Waals surface area (Å²) in [5.74, 6) is 0. The molecule has 0 aliphatic heterocycles. The van der Waals surface area contributed by atoms with Crippen molar-refractivity contribution in [2.24, 2.45) is 5.73 Å². The highest BCUT2D eigenvalue weighted by Crippen LogP contribution is 2.27. The van der Waals surface area contributed by atoms with Gasteiger partial charge in [0.1, 0.15) is 4.21 Å². The Morgan fingerprint density at radius 3 is 2.32 bits per heavy atom. The van der Waals surface area contributed by atoms with Gasteiger partial charge in [0.15, 0.2) is 0 Å². The molecule has 1 saturated carbocycles. The molecule has 0 saturated heterocycles. The van der Waals surface area contributed by atoms with Gasteiger partial charge in [-0.25, -0.2) is 13.1 Å². The highest BCUT2D eigenvalue weighted by molar-refractivity contribution is 7.91. The van der Waals surface area contributed by atoms with Gasteiger partial charge in [0.05, 0.1) is 0 Å². The van der Waals surface area contributed by atoms with Crippen LogP contribution in [-0.2, 0) is 10.0 Å². The molecule has 1 aromatic rings. The van der Waals surface area contributed by atoms with Gasteiger partial charge in [-0.05, 0) is 51.2 Å². The van der Waals surface area contributed by atoms with E-state index in [9.17, 15) is 8.42 Å². The second-order valence-electron chi connectivity index (χ2n) is 5.06. The summed E-state index contributed by atoms with van der Waals surface area (Å²) in [6.45, 7) is 3.77. The number of aryl methyl sites for hydroxylation is 2. The molecule has 1 aliphatic rings. The summed E-state index contributed by atoms with van der Waals surface area (Å²) >= 11 is 1.34. The van der Waals surface area contributed by atoms with Crippen LogP contribution in [0.4, 0.5) is 0 Å². The summed E-state index contributed by atoms with van der Waals surface area (Å²) in [6, 6.07) is 2.18. The topological polar surface area (TPSA) is 72.2 Å². The number of sulfonamides is 1. The monoisotopic (exact) mass is 324 g/mol. The fourth-order valence-electron chi connectivity index (χ4n) is 2.40. The average molecular weight is 325 g/mol. The molecule has 0 spiro atoms. The Kier molecular flexibility index (Phi) is 5.82. The molecule has 0 amide bonds. The summed E-state index contributed by atoms with van der Waals surface area (Å²) in [5, 5.41) is 0. The van der Waals surface area contributed by atoms with Crippen LogP contribution in [0, 0.1) is 13.8 Å². The summed E-state index contributed by atoms with van der Waals surface area (Å²) in [6.07, 6.45) is 3.47. The van der Waals surface area contributed by atoms with Crippen LogP contribution in [0.1, 0.15) is 36.1 Å². The molecule has 0 atom stereocenters. The molecule has 1 aliphatic carbocycles. The van der Waals surface area contributed by atoms with E-state index in [-0.39, 0.29) is 24.5 Å². The number of rotatable bonds is 3. The van der Waals surface area contributed by atoms with Crippen molar-refractivity contribution >= 4 is 33.8 Å². The zero-order valence-corrected chi connectivity index (χ0v) is 13.6. The molecular formula is C12H21ClN2O2S2. The van der Waals surface area contributed by atoms with E-state index in [2.05, 4.69) is 4.72 Å². The van der Waals surface area contributed by atoms with Crippen molar-refractivity contribution in [2.45, 2.75) is 55.8 Å². The lowest BCUT2D eigenvalue weighted by Gasteiger charge is -2.26. The standard InChI is InChI=1S/C12H20N2O2S2.ClH/c1-8-7-9(2)17-12(8)18(15,16)14-11-5-3-10(13)4-6-11;/h7,10-11,14H,3-6,13H2,1-2H3;1H. The van der Waals surface area contributed by atoms with Crippen LogP contribution < -0.4 is 10.5 Å². The maximum atomic E-state index is 12.3. The molecule has 110 valence electrons. The predicted octanol–water partition coefficient (Wildman–Crippen LogP) is 2.33. The van der Waals surface area contributed by atoms with E-state index in [1.54, 1.807) is 0 Å². The predicted molar refractivity (Wildman–Crippen MR) is 81.6 cm³/mol. The van der Waals surface area contributed by atoms with Crippen LogP contribution in [0.25, 0.3) is 0 Å². The van der Waals surface area contributed by atoms with Crippen molar-refractivity contribution < 1.29 is 8.42 Å². The highest BCUT2D eigenvalue weighted by Gasteiger charge is 2.26. The van der Waals surface area contributed by atoms with Crippen molar-refractivity contribution in [3.05, 3.63) is 16.5 Å². The van der Waals surface area contributed by atoms with Crippen LogP contribution in [0.15, 0.2) is 10.3 Å². The SMILES string of the molecule is Cc1cc(C)c(S(=O)(=O)NC2CCC(N)CC2)s1.Cl. The Labute approximate surface area is 125 Å². The van der Waals surface area contributed by atoms with Crippen LogP contribution in [0.3, 0.4) is 0 Å². The fourth-order valence-corrected chi connectivity index (χ4v) is 5.39. The lowest BCUT2D eigenvalue weighted by Crippen LogP contribution is -2.40. The second kappa shape index (κ2) is 6.54. The Hall–Kier alpha value is -0.140. The van der Waals surface area contributed by atoms with Crippen LogP contribution in [0.2, 0.25) is 0 Å². The third-order valence-corrected chi connectivity index (χ3v) is 6.64. The normalized spacial score (nSPS) is 23.9. The molecule has 0 unspecified atom stereocenters. The summed E-state index contributed by atoms with van der Waals surface area (Å²) in [4.78, 5) is 1.03. The van der Waals surface area contributed by atoms with Crippen LogP contribution in [0.5, 0.6) is 0 Å². The first-order valence-corrected chi connectivity index (χ1v) is 8.53. The zero-order valence-electron chi connectivity index (χ0n) is 11.2. The minimum atomic E-state index is -3.36. The molecule has 2 rings (SSSR count). The molecule has 1 aromatic heterocycles. The number of halogens is 1. The van der Waals surface area contributed by atoms with Gasteiger partial charge in [0.25, 0.3) is 10.0 Å². The van der Waals surface area contributed by atoms with Crippen molar-refractivity contribution in [3.63, 3.8) is 0 Å². The number of thiophene rings is 1. The molecule has 1 heterocycles. The van der Waals surface area contributed by atoms with E-state index >= 15 is 0 Å². The number of hydrogen-bond acceptors (Lipinski definition) is 4. The van der Waals surface area contributed by atoms with Crippen molar-refractivity contribution in [3.8, 4) is 0 Å². The first-order valence-electron chi connectivity index (χ1n) is 6.23. The van der Waals surface area contributed by atoms with Crippen molar-refractivity contribution in [1.29, 1.82) is 0 Å². The Morgan fingerprint density at radius 1 is 1.26 bits per heavy atom. The second-order valence-corrected chi connectivity index (χ2v) is 8.23. The minimum Gasteiger partial charge on any atom is -0.328 e. The molecule has 0 bridgehead atoms. The van der Waals surface area contributed by atoms with Crippen molar-refractivity contribution in [1.82, 2.24) is 4.72 Å². The lowest BCUT2D eigenvalue weighted by atomic mass is 9.93. The number of nitrogens with two attached hydrogens (primary N) is 1. The van der Waals surface area contributed by atoms with Crippen LogP contribution in [-0.4, -0.2) is 20.5 Å². The zero-order chi connectivity index (χ0) is 13.3. The molecular weight excluding hydrogens is 304 g/mol. The number of hydrogen-bond donors (Lipinski definition) is 2. The van der Waals surface area contributed by atoms with Gasteiger partial charge in [-0.2, -0.15) is 0 Å². The first kappa shape index (κ1) is 16.9. The lowest BCUT2D eigenvalue weighted by molar-refractivity contribution is 0.374. The van der Waals surface area contributed by atoms with Gasteiger partial charge in [-0.3, -0.25) is 0 Å². The van der Waals surface area contributed by atoms with Gasteiger partial charge in [0.2, 0.25) is 0 Å². The van der Waals surface area contributed by atoms with Crippen molar-refractivity contribution in [2.75, 3.05) is 0 Å². The average Bonchev–Trinajstić information content (AvgIpc) is 2.62. The van der Waals surface area contributed by atoms with Gasteiger partial charge in [-0.15, -0.1) is 23.7 Å². The smallest absolute Gasteiger partial charge is 0.250 e.